The second-order valence-electron chi connectivity index (χ2n) is 4.68. The molecule has 0 bridgehead atoms. The molecule has 1 saturated heterocycles. The quantitative estimate of drug-likeness (QED) is 0.853. The van der Waals surface area contributed by atoms with Crippen LogP contribution < -0.4 is 20.5 Å². The molecule has 2 N–H and O–H groups in total. The Balaban J connectivity index is 1.86. The van der Waals surface area contributed by atoms with Crippen LogP contribution in [0.2, 0.25) is 0 Å². The number of anilines is 1. The molecule has 104 valence electrons. The maximum absolute atomic E-state index is 5.43. The zero-order valence-electron chi connectivity index (χ0n) is 11.2. The Morgan fingerprint density at radius 3 is 2.60 bits per heavy atom. The molecule has 0 radical (unpaired) electrons. The molecule has 6 heteroatoms. The molecule has 1 atom stereocenters. The maximum atomic E-state index is 5.43. The molecule has 2 aromatic rings. The van der Waals surface area contributed by atoms with Crippen molar-refractivity contribution in [3.8, 4) is 5.75 Å². The zero-order valence-corrected chi connectivity index (χ0v) is 12.8. The van der Waals surface area contributed by atoms with Crippen LogP contribution in [0, 0.1) is 0 Å². The Kier molecular flexibility index (Phi) is 3.37. The summed E-state index contributed by atoms with van der Waals surface area (Å²) in [4.78, 5) is 1.19. The average molecular weight is 305 g/mol. The van der Waals surface area contributed by atoms with Gasteiger partial charge in [0.1, 0.15) is 11.4 Å². The molecule has 0 spiro atoms. The largest absolute Gasteiger partial charge is 0.497 e. The van der Waals surface area contributed by atoms with Crippen molar-refractivity contribution in [1.29, 1.82) is 0 Å². The number of hydrogen-bond acceptors (Lipinski definition) is 4. The van der Waals surface area contributed by atoms with Crippen LogP contribution in [0.4, 0.5) is 5.69 Å². The second-order valence-corrected chi connectivity index (χ2v) is 6.01. The number of hydrazine groups is 1. The summed E-state index contributed by atoms with van der Waals surface area (Å²) in [6.07, 6.45) is 0. The number of ether oxygens (including phenoxy) is 1. The Hall–Kier alpha value is -1.63. The van der Waals surface area contributed by atoms with Crippen LogP contribution >= 0.6 is 23.6 Å². The highest BCUT2D eigenvalue weighted by Crippen LogP contribution is 2.29. The Bertz CT molecular complexity index is 612. The van der Waals surface area contributed by atoms with Gasteiger partial charge < -0.3 is 10.1 Å². The van der Waals surface area contributed by atoms with E-state index < -0.39 is 0 Å². The number of benzene rings is 1. The number of nitrogens with zero attached hydrogens (tertiary/aromatic N) is 1. The lowest BCUT2D eigenvalue weighted by molar-refractivity contribution is 0.397. The average Bonchev–Trinajstić information content (AvgIpc) is 3.08. The summed E-state index contributed by atoms with van der Waals surface area (Å²) in [5.74, 6) is 0.827. The maximum Gasteiger partial charge on any atom is 0.190 e. The lowest BCUT2D eigenvalue weighted by atomic mass is 10.2. The van der Waals surface area contributed by atoms with Crippen LogP contribution in [0.1, 0.15) is 11.8 Å². The molecule has 0 saturated carbocycles. The van der Waals surface area contributed by atoms with Gasteiger partial charge in [0.05, 0.1) is 12.8 Å². The van der Waals surface area contributed by atoms with Crippen LogP contribution in [0.3, 0.4) is 0 Å². The van der Waals surface area contributed by atoms with E-state index in [0.717, 1.165) is 11.4 Å². The molecule has 1 aliphatic heterocycles. The van der Waals surface area contributed by atoms with E-state index in [0.29, 0.717) is 5.11 Å². The fourth-order valence-corrected chi connectivity index (χ4v) is 3.31. The minimum Gasteiger partial charge on any atom is -0.497 e. The molecule has 0 aliphatic carbocycles. The van der Waals surface area contributed by atoms with Gasteiger partial charge in [-0.25, -0.2) is 5.01 Å². The molecule has 20 heavy (non-hydrogen) atoms. The molecule has 2 heterocycles. The van der Waals surface area contributed by atoms with Gasteiger partial charge in [0.2, 0.25) is 0 Å². The van der Waals surface area contributed by atoms with E-state index in [1.807, 2.05) is 35.3 Å². The highest BCUT2D eigenvalue weighted by Gasteiger charge is 2.38. The van der Waals surface area contributed by atoms with Gasteiger partial charge in [-0.15, -0.1) is 11.3 Å². The molecule has 1 unspecified atom stereocenters. The molecule has 1 aromatic carbocycles. The molecule has 3 rings (SSSR count). The van der Waals surface area contributed by atoms with Gasteiger partial charge in [0, 0.05) is 4.88 Å². The fraction of sp³-hybridized carbons (Fsp3) is 0.214. The predicted octanol–water partition coefficient (Wildman–Crippen LogP) is 2.83. The van der Waals surface area contributed by atoms with Crippen LogP contribution in [-0.4, -0.2) is 12.2 Å². The monoisotopic (exact) mass is 305 g/mol. The van der Waals surface area contributed by atoms with E-state index in [1.165, 1.54) is 4.88 Å². The summed E-state index contributed by atoms with van der Waals surface area (Å²) in [6, 6.07) is 11.9. The molecule has 4 nitrogen and oxygen atoms in total. The standard InChI is InChI=1S/C14H15N3OS2/c1-14(12-4-3-9-20-12)15-13(19)17(16-14)10-5-7-11(18-2)8-6-10/h3-9,16H,1-2H3,(H,15,19). The van der Waals surface area contributed by atoms with Gasteiger partial charge in [-0.1, -0.05) is 6.07 Å². The minimum atomic E-state index is -0.370. The molecular formula is C14H15N3OS2. The van der Waals surface area contributed by atoms with Gasteiger partial charge in [-0.2, -0.15) is 5.43 Å². The molecule has 1 fully saturated rings. The summed E-state index contributed by atoms with van der Waals surface area (Å²) < 4.78 is 5.17. The lowest BCUT2D eigenvalue weighted by Gasteiger charge is -2.24. The smallest absolute Gasteiger partial charge is 0.190 e. The SMILES string of the molecule is COc1ccc(N2NC(C)(c3cccs3)NC2=S)cc1. The van der Waals surface area contributed by atoms with E-state index >= 15 is 0 Å². The van der Waals surface area contributed by atoms with E-state index in [9.17, 15) is 0 Å². The van der Waals surface area contributed by atoms with Gasteiger partial charge >= 0.3 is 0 Å². The number of nitrogens with one attached hydrogen (secondary N) is 2. The third-order valence-corrected chi connectivity index (χ3v) is 4.62. The normalized spacial score (nSPS) is 21.9. The number of methoxy groups -OCH3 is 1. The van der Waals surface area contributed by atoms with Crippen LogP contribution in [-0.2, 0) is 5.66 Å². The van der Waals surface area contributed by atoms with Gasteiger partial charge in [0.15, 0.2) is 5.11 Å². The third kappa shape index (κ3) is 2.26. The van der Waals surface area contributed by atoms with Crippen molar-refractivity contribution in [2.45, 2.75) is 12.6 Å². The third-order valence-electron chi connectivity index (χ3n) is 3.24. The van der Waals surface area contributed by atoms with Gasteiger partial charge in [0.25, 0.3) is 0 Å². The molecule has 0 amide bonds. The summed E-state index contributed by atoms with van der Waals surface area (Å²) >= 11 is 7.13. The Morgan fingerprint density at radius 2 is 2.00 bits per heavy atom. The summed E-state index contributed by atoms with van der Waals surface area (Å²) in [5.41, 5.74) is 4.03. The highest BCUT2D eigenvalue weighted by molar-refractivity contribution is 7.80. The van der Waals surface area contributed by atoms with Crippen LogP contribution in [0.15, 0.2) is 41.8 Å². The number of rotatable bonds is 3. The highest BCUT2D eigenvalue weighted by atomic mass is 32.1. The van der Waals surface area contributed by atoms with Crippen LogP contribution in [0.25, 0.3) is 0 Å². The topological polar surface area (TPSA) is 36.5 Å². The van der Waals surface area contributed by atoms with Crippen molar-refractivity contribution in [3.63, 3.8) is 0 Å². The zero-order chi connectivity index (χ0) is 14.2. The van der Waals surface area contributed by atoms with E-state index in [1.54, 1.807) is 18.4 Å². The number of thiophene rings is 1. The number of hydrogen-bond donors (Lipinski definition) is 2. The fourth-order valence-electron chi connectivity index (χ4n) is 2.16. The van der Waals surface area contributed by atoms with Crippen molar-refractivity contribution in [3.05, 3.63) is 46.7 Å². The first-order chi connectivity index (χ1) is 9.62. The number of thiocarbonyl (C=S) groups is 1. The Morgan fingerprint density at radius 1 is 1.25 bits per heavy atom. The molecule has 1 aromatic heterocycles. The van der Waals surface area contributed by atoms with Crippen molar-refractivity contribution in [2.75, 3.05) is 12.1 Å². The summed E-state index contributed by atoms with van der Waals surface area (Å²) in [6.45, 7) is 2.08. The van der Waals surface area contributed by atoms with E-state index in [4.69, 9.17) is 17.0 Å². The first-order valence-electron chi connectivity index (χ1n) is 6.20. The summed E-state index contributed by atoms with van der Waals surface area (Å²) in [5, 5.41) is 7.94. The second kappa shape index (κ2) is 5.05. The van der Waals surface area contributed by atoms with Crippen molar-refractivity contribution >= 4 is 34.4 Å². The van der Waals surface area contributed by atoms with Crippen molar-refractivity contribution in [1.82, 2.24) is 10.7 Å². The Labute approximate surface area is 127 Å². The van der Waals surface area contributed by atoms with E-state index in [2.05, 4.69) is 29.1 Å². The van der Waals surface area contributed by atoms with Crippen LogP contribution in [0.5, 0.6) is 5.75 Å². The van der Waals surface area contributed by atoms with Crippen molar-refractivity contribution < 1.29 is 4.74 Å². The van der Waals surface area contributed by atoms with Gasteiger partial charge in [-0.3, -0.25) is 0 Å². The first kappa shape index (κ1) is 13.4. The minimum absolute atomic E-state index is 0.370. The van der Waals surface area contributed by atoms with E-state index in [-0.39, 0.29) is 5.66 Å². The molecule has 1 aliphatic rings. The molecular weight excluding hydrogens is 290 g/mol. The summed E-state index contributed by atoms with van der Waals surface area (Å²) in [7, 11) is 1.66. The van der Waals surface area contributed by atoms with Gasteiger partial charge in [-0.05, 0) is 54.9 Å². The van der Waals surface area contributed by atoms with Crippen molar-refractivity contribution in [2.24, 2.45) is 0 Å². The first-order valence-corrected chi connectivity index (χ1v) is 7.49. The predicted molar refractivity (Wildman–Crippen MR) is 86.0 cm³/mol. The lowest BCUT2D eigenvalue weighted by Crippen LogP contribution is -2.45.